The van der Waals surface area contributed by atoms with E-state index in [1.807, 2.05) is 6.07 Å². The lowest BCUT2D eigenvalue weighted by molar-refractivity contribution is -0.141. The summed E-state index contributed by atoms with van der Waals surface area (Å²) in [5, 5.41) is 21.1. The number of nitriles is 1. The van der Waals surface area contributed by atoms with Crippen LogP contribution in [-0.4, -0.2) is 46.5 Å². The summed E-state index contributed by atoms with van der Waals surface area (Å²) < 4.78 is 14.5. The Morgan fingerprint density at radius 3 is 2.39 bits per heavy atom. The van der Waals surface area contributed by atoms with Gasteiger partial charge in [-0.3, -0.25) is 9.59 Å². The lowest BCUT2D eigenvalue weighted by atomic mass is 9.77. The van der Waals surface area contributed by atoms with E-state index in [0.29, 0.717) is 24.1 Å². The van der Waals surface area contributed by atoms with E-state index in [-0.39, 0.29) is 30.0 Å². The Morgan fingerprint density at radius 2 is 1.76 bits per heavy atom. The van der Waals surface area contributed by atoms with Gasteiger partial charge in [0.1, 0.15) is 18.3 Å². The zero-order valence-corrected chi connectivity index (χ0v) is 18.0. The van der Waals surface area contributed by atoms with E-state index in [0.717, 1.165) is 12.8 Å². The van der Waals surface area contributed by atoms with Crippen molar-refractivity contribution >= 4 is 23.5 Å². The summed E-state index contributed by atoms with van der Waals surface area (Å²) in [7, 11) is 0. The van der Waals surface area contributed by atoms with Crippen LogP contribution in [0.25, 0.3) is 0 Å². The van der Waals surface area contributed by atoms with Gasteiger partial charge in [0, 0.05) is 6.42 Å². The Balaban J connectivity index is 1.62. The van der Waals surface area contributed by atoms with Gasteiger partial charge in [-0.05, 0) is 42.7 Å². The summed E-state index contributed by atoms with van der Waals surface area (Å²) in [6.07, 6.45) is 1.29. The third-order valence-corrected chi connectivity index (χ3v) is 6.67. The molecule has 2 atom stereocenters. The minimum Gasteiger partial charge on any atom is -0.478 e. The van der Waals surface area contributed by atoms with Crippen LogP contribution >= 0.6 is 0 Å². The molecule has 33 heavy (non-hydrogen) atoms. The Morgan fingerprint density at radius 1 is 1.09 bits per heavy atom. The van der Waals surface area contributed by atoms with Crippen molar-refractivity contribution in [3.8, 4) is 6.07 Å². The molecule has 7 nitrogen and oxygen atoms in total. The van der Waals surface area contributed by atoms with E-state index in [9.17, 15) is 29.1 Å². The molecular formula is C25H24FN3O4. The molecule has 1 heterocycles. The smallest absolute Gasteiger partial charge is 0.335 e. The average Bonchev–Trinajstić information content (AvgIpc) is 3.47. The molecule has 1 saturated carbocycles. The fraction of sp³-hybridized carbons (Fsp3) is 0.360. The van der Waals surface area contributed by atoms with Gasteiger partial charge in [0.2, 0.25) is 11.8 Å². The largest absolute Gasteiger partial charge is 0.478 e. The maximum atomic E-state index is 14.5. The molecule has 1 saturated heterocycles. The number of benzene rings is 2. The van der Waals surface area contributed by atoms with E-state index in [1.54, 1.807) is 36.4 Å². The number of rotatable bonds is 5. The van der Waals surface area contributed by atoms with Crippen LogP contribution in [0.1, 0.15) is 53.6 Å². The number of aromatic carboxylic acids is 1. The molecule has 0 bridgehead atoms. The number of hydrogen-bond donors (Lipinski definition) is 2. The number of halogens is 1. The number of alkyl halides is 1. The summed E-state index contributed by atoms with van der Waals surface area (Å²) in [6.45, 7) is -0.175. The number of carboxylic acids is 1. The van der Waals surface area contributed by atoms with E-state index >= 15 is 0 Å². The Bertz CT molecular complexity index is 1120. The molecular weight excluding hydrogens is 425 g/mol. The highest BCUT2D eigenvalue weighted by molar-refractivity contribution is 6.00. The minimum atomic E-state index is -1.33. The van der Waals surface area contributed by atoms with E-state index in [1.165, 1.54) is 17.0 Å². The van der Waals surface area contributed by atoms with Gasteiger partial charge < -0.3 is 15.3 Å². The molecule has 2 aromatic carbocycles. The molecule has 2 aromatic rings. The van der Waals surface area contributed by atoms with Crippen LogP contribution in [0.4, 0.5) is 10.1 Å². The van der Waals surface area contributed by atoms with Gasteiger partial charge in [-0.15, -0.1) is 0 Å². The Labute approximate surface area is 190 Å². The first-order valence-corrected chi connectivity index (χ1v) is 10.9. The Kier molecular flexibility index (Phi) is 6.14. The van der Waals surface area contributed by atoms with Crippen molar-refractivity contribution in [1.29, 1.82) is 5.26 Å². The van der Waals surface area contributed by atoms with Crippen LogP contribution in [-0.2, 0) is 15.0 Å². The maximum absolute atomic E-state index is 14.5. The number of carbonyl (C=O) groups excluding carboxylic acids is 2. The second kappa shape index (κ2) is 9.02. The normalized spacial score (nSPS) is 21.4. The molecule has 2 aliphatic rings. The Hall–Kier alpha value is -3.73. The highest BCUT2D eigenvalue weighted by atomic mass is 19.1. The lowest BCUT2D eigenvalue weighted by Crippen LogP contribution is -2.51. The molecule has 4 rings (SSSR count). The van der Waals surface area contributed by atoms with Crippen molar-refractivity contribution in [3.63, 3.8) is 0 Å². The summed E-state index contributed by atoms with van der Waals surface area (Å²) in [5.41, 5.74) is 0.498. The monoisotopic (exact) mass is 449 g/mol. The predicted molar refractivity (Wildman–Crippen MR) is 118 cm³/mol. The molecule has 0 spiro atoms. The van der Waals surface area contributed by atoms with Crippen molar-refractivity contribution in [3.05, 3.63) is 65.2 Å². The molecule has 1 aliphatic heterocycles. The van der Waals surface area contributed by atoms with Crippen LogP contribution in [0.15, 0.2) is 48.5 Å². The van der Waals surface area contributed by atoms with Gasteiger partial charge in [0.15, 0.2) is 0 Å². The van der Waals surface area contributed by atoms with Crippen LogP contribution in [0, 0.1) is 11.3 Å². The second-order valence-electron chi connectivity index (χ2n) is 8.62. The first-order chi connectivity index (χ1) is 15.9. The molecule has 2 amide bonds. The molecule has 1 aliphatic carbocycles. The highest BCUT2D eigenvalue weighted by Crippen LogP contribution is 2.44. The summed E-state index contributed by atoms with van der Waals surface area (Å²) >= 11 is 0. The van der Waals surface area contributed by atoms with E-state index in [4.69, 9.17) is 0 Å². The van der Waals surface area contributed by atoms with Gasteiger partial charge in [0.05, 0.1) is 28.8 Å². The second-order valence-corrected chi connectivity index (χ2v) is 8.62. The van der Waals surface area contributed by atoms with Crippen molar-refractivity contribution < 1.29 is 23.9 Å². The summed E-state index contributed by atoms with van der Waals surface area (Å²) in [6, 6.07) is 13.8. The zero-order chi connectivity index (χ0) is 23.6. The van der Waals surface area contributed by atoms with Gasteiger partial charge in [-0.1, -0.05) is 37.1 Å². The zero-order valence-electron chi connectivity index (χ0n) is 18.0. The van der Waals surface area contributed by atoms with Crippen LogP contribution < -0.4 is 5.32 Å². The molecule has 2 N–H and O–H groups in total. The summed E-state index contributed by atoms with van der Waals surface area (Å²) in [5.74, 6) is -1.89. The van der Waals surface area contributed by atoms with Gasteiger partial charge >= 0.3 is 5.97 Å². The first kappa shape index (κ1) is 22.5. The third-order valence-electron chi connectivity index (χ3n) is 6.67. The molecule has 0 radical (unpaired) electrons. The van der Waals surface area contributed by atoms with Crippen LogP contribution in [0.5, 0.6) is 0 Å². The average molecular weight is 449 g/mol. The predicted octanol–water partition coefficient (Wildman–Crippen LogP) is 3.65. The number of carboxylic acid groups (broad SMARTS) is 1. The lowest BCUT2D eigenvalue weighted by Gasteiger charge is -2.35. The number of para-hydroxylation sites is 1. The molecule has 2 fully saturated rings. The number of carbonyl (C=O) groups is 3. The van der Waals surface area contributed by atoms with E-state index in [2.05, 4.69) is 5.32 Å². The van der Waals surface area contributed by atoms with Crippen LogP contribution in [0.3, 0.4) is 0 Å². The number of nitrogens with one attached hydrogen (secondary N) is 1. The fourth-order valence-electron chi connectivity index (χ4n) is 4.97. The SMILES string of the molecule is N#Cc1ccccc1NC(=O)[C@H]1C[C@@H](F)CN1C(=O)C1(c2ccc(C(=O)O)cc2)CCCC1. The summed E-state index contributed by atoms with van der Waals surface area (Å²) in [4.78, 5) is 39.5. The number of likely N-dealkylation sites (tertiary alicyclic amines) is 1. The van der Waals surface area contributed by atoms with Gasteiger partial charge in [0.25, 0.3) is 0 Å². The van der Waals surface area contributed by atoms with Crippen molar-refractivity contribution in [2.45, 2.75) is 49.7 Å². The number of nitrogens with zero attached hydrogens (tertiary/aromatic N) is 2. The quantitative estimate of drug-likeness (QED) is 0.724. The van der Waals surface area contributed by atoms with Crippen LogP contribution in [0.2, 0.25) is 0 Å². The maximum Gasteiger partial charge on any atom is 0.335 e. The van der Waals surface area contributed by atoms with Crippen molar-refractivity contribution in [2.75, 3.05) is 11.9 Å². The first-order valence-electron chi connectivity index (χ1n) is 10.9. The van der Waals surface area contributed by atoms with Gasteiger partial charge in [-0.2, -0.15) is 5.26 Å². The standard InChI is InChI=1S/C25H24FN3O4/c26-19-13-21(22(30)28-20-6-2-1-5-17(20)14-27)29(15-19)24(33)25(11-3-4-12-25)18-9-7-16(8-10-18)23(31)32/h1-2,5-10,19,21H,3-4,11-13,15H2,(H,28,30)(H,31,32)/t19-,21-/m1/s1. The molecule has 8 heteroatoms. The fourth-order valence-corrected chi connectivity index (χ4v) is 4.97. The highest BCUT2D eigenvalue weighted by Gasteiger charge is 2.50. The minimum absolute atomic E-state index is 0.111. The molecule has 0 unspecified atom stereocenters. The number of anilines is 1. The van der Waals surface area contributed by atoms with Crippen molar-refractivity contribution in [2.24, 2.45) is 0 Å². The van der Waals surface area contributed by atoms with E-state index < -0.39 is 29.5 Å². The number of hydrogen-bond acceptors (Lipinski definition) is 4. The molecule has 170 valence electrons. The molecule has 0 aromatic heterocycles. The van der Waals surface area contributed by atoms with Crippen molar-refractivity contribution in [1.82, 2.24) is 4.90 Å². The third kappa shape index (κ3) is 4.19. The topological polar surface area (TPSA) is 111 Å². The van der Waals surface area contributed by atoms with Gasteiger partial charge in [-0.25, -0.2) is 9.18 Å². The number of amides is 2.